The van der Waals surface area contributed by atoms with Gasteiger partial charge in [-0.05, 0) is 17.7 Å². The highest BCUT2D eigenvalue weighted by molar-refractivity contribution is 7.17. The summed E-state index contributed by atoms with van der Waals surface area (Å²) in [6, 6.07) is 13.1. The predicted molar refractivity (Wildman–Crippen MR) is 106 cm³/mol. The fourth-order valence-corrected chi connectivity index (χ4v) is 3.70. The molecule has 4 rings (SSSR count). The third kappa shape index (κ3) is 3.74. The summed E-state index contributed by atoms with van der Waals surface area (Å²) in [5.41, 5.74) is 1.15. The summed E-state index contributed by atoms with van der Waals surface area (Å²) < 4.78 is 1.41. The first-order valence-electron chi connectivity index (χ1n) is 8.07. The summed E-state index contributed by atoms with van der Waals surface area (Å²) in [5, 5.41) is 2.95. The molecule has 0 unspecified atom stereocenters. The number of carbonyl (C=O) groups is 1. The third-order valence-electron chi connectivity index (χ3n) is 3.91. The maximum absolute atomic E-state index is 12.7. The largest absolute Gasteiger partial charge is 0.320 e. The topological polar surface area (TPSA) is 76.4 Å². The number of carbonyl (C=O) groups excluding carboxylic acids is 1. The standard InChI is InChI=1S/C19H13ClN4O2S/c20-16-7-6-13(9-21-16)23-17(25)15-10-22-19-24(18(15)26)11-14(27-19)8-12-4-2-1-3-5-12/h1-7,9-11H,8H2,(H,23,25). The summed E-state index contributed by atoms with van der Waals surface area (Å²) in [6.45, 7) is 0. The summed E-state index contributed by atoms with van der Waals surface area (Å²) >= 11 is 7.16. The van der Waals surface area contributed by atoms with Gasteiger partial charge in [-0.15, -0.1) is 11.3 Å². The highest BCUT2D eigenvalue weighted by Crippen LogP contribution is 2.19. The van der Waals surface area contributed by atoms with Gasteiger partial charge in [-0.3, -0.25) is 14.0 Å². The number of hydrogen-bond acceptors (Lipinski definition) is 5. The van der Waals surface area contributed by atoms with Gasteiger partial charge in [0.25, 0.3) is 11.5 Å². The predicted octanol–water partition coefficient (Wildman–Crippen LogP) is 3.65. The highest BCUT2D eigenvalue weighted by Gasteiger charge is 2.15. The highest BCUT2D eigenvalue weighted by atomic mass is 35.5. The smallest absolute Gasteiger partial charge is 0.271 e. The van der Waals surface area contributed by atoms with E-state index in [0.717, 1.165) is 10.4 Å². The fourth-order valence-electron chi connectivity index (χ4n) is 2.61. The number of nitrogens with zero attached hydrogens (tertiary/aromatic N) is 3. The van der Waals surface area contributed by atoms with Gasteiger partial charge in [0.1, 0.15) is 10.7 Å². The van der Waals surface area contributed by atoms with Crippen molar-refractivity contribution in [3.63, 3.8) is 0 Å². The molecular formula is C19H13ClN4O2S. The fraction of sp³-hybridized carbons (Fsp3) is 0.0526. The molecule has 3 heterocycles. The number of amides is 1. The van der Waals surface area contributed by atoms with Gasteiger partial charge < -0.3 is 5.32 Å². The van der Waals surface area contributed by atoms with Gasteiger partial charge in [-0.1, -0.05) is 41.9 Å². The number of aromatic nitrogens is 3. The van der Waals surface area contributed by atoms with Gasteiger partial charge in [0.05, 0.1) is 11.9 Å². The second kappa shape index (κ2) is 7.30. The molecule has 0 aliphatic rings. The third-order valence-corrected chi connectivity index (χ3v) is 5.13. The van der Waals surface area contributed by atoms with E-state index in [1.165, 1.54) is 28.1 Å². The molecule has 1 aromatic carbocycles. The minimum atomic E-state index is -0.540. The number of fused-ring (bicyclic) bond motifs is 1. The van der Waals surface area contributed by atoms with E-state index in [0.29, 0.717) is 22.2 Å². The van der Waals surface area contributed by atoms with E-state index < -0.39 is 11.5 Å². The van der Waals surface area contributed by atoms with E-state index in [1.54, 1.807) is 18.3 Å². The Kier molecular flexibility index (Phi) is 4.70. The van der Waals surface area contributed by atoms with Crippen LogP contribution in [0.3, 0.4) is 0 Å². The Morgan fingerprint density at radius 3 is 2.67 bits per heavy atom. The van der Waals surface area contributed by atoms with Crippen molar-refractivity contribution in [3.8, 4) is 0 Å². The van der Waals surface area contributed by atoms with Gasteiger partial charge >= 0.3 is 0 Å². The van der Waals surface area contributed by atoms with Crippen LogP contribution in [-0.4, -0.2) is 20.3 Å². The van der Waals surface area contributed by atoms with Crippen LogP contribution in [0.1, 0.15) is 20.8 Å². The summed E-state index contributed by atoms with van der Waals surface area (Å²) in [5.74, 6) is -0.540. The molecule has 134 valence electrons. The zero-order valence-corrected chi connectivity index (χ0v) is 15.5. The van der Waals surface area contributed by atoms with E-state index in [4.69, 9.17) is 11.6 Å². The van der Waals surface area contributed by atoms with Gasteiger partial charge in [0.2, 0.25) is 0 Å². The number of anilines is 1. The first-order valence-corrected chi connectivity index (χ1v) is 9.26. The van der Waals surface area contributed by atoms with Crippen LogP contribution in [0.2, 0.25) is 5.15 Å². The van der Waals surface area contributed by atoms with Crippen LogP contribution in [0.4, 0.5) is 5.69 Å². The minimum Gasteiger partial charge on any atom is -0.320 e. The van der Waals surface area contributed by atoms with Crippen LogP contribution >= 0.6 is 22.9 Å². The lowest BCUT2D eigenvalue weighted by atomic mass is 10.1. The van der Waals surface area contributed by atoms with Crippen molar-refractivity contribution in [1.82, 2.24) is 14.4 Å². The minimum absolute atomic E-state index is 0.0356. The lowest BCUT2D eigenvalue weighted by Gasteiger charge is -2.04. The number of rotatable bonds is 4. The Morgan fingerprint density at radius 1 is 1.11 bits per heavy atom. The zero-order chi connectivity index (χ0) is 18.8. The zero-order valence-electron chi connectivity index (χ0n) is 13.9. The summed E-state index contributed by atoms with van der Waals surface area (Å²) in [4.78, 5) is 34.9. The molecule has 0 aliphatic heterocycles. The maximum Gasteiger partial charge on any atom is 0.271 e. The number of pyridine rings is 1. The summed E-state index contributed by atoms with van der Waals surface area (Å²) in [6.07, 6.45) is 5.17. The molecule has 0 aliphatic carbocycles. The van der Waals surface area contributed by atoms with Crippen molar-refractivity contribution in [3.05, 3.63) is 92.6 Å². The molecular weight excluding hydrogens is 384 g/mol. The number of halogens is 1. The van der Waals surface area contributed by atoms with Gasteiger partial charge in [-0.2, -0.15) is 0 Å². The van der Waals surface area contributed by atoms with E-state index in [1.807, 2.05) is 30.3 Å². The molecule has 0 fully saturated rings. The number of benzene rings is 1. The molecule has 6 nitrogen and oxygen atoms in total. The Hall–Kier alpha value is -3.03. The van der Waals surface area contributed by atoms with Crippen LogP contribution in [-0.2, 0) is 6.42 Å². The molecule has 0 radical (unpaired) electrons. The first kappa shape index (κ1) is 17.4. The van der Waals surface area contributed by atoms with Crippen molar-refractivity contribution in [1.29, 1.82) is 0 Å². The lowest BCUT2D eigenvalue weighted by molar-refractivity contribution is 0.102. The van der Waals surface area contributed by atoms with Gasteiger partial charge in [-0.25, -0.2) is 9.97 Å². The van der Waals surface area contributed by atoms with E-state index in [2.05, 4.69) is 15.3 Å². The molecule has 8 heteroatoms. The van der Waals surface area contributed by atoms with Gasteiger partial charge in [0.15, 0.2) is 4.96 Å². The van der Waals surface area contributed by atoms with E-state index in [9.17, 15) is 9.59 Å². The van der Waals surface area contributed by atoms with Crippen molar-refractivity contribution in [2.75, 3.05) is 5.32 Å². The molecule has 0 atom stereocenters. The molecule has 1 amide bonds. The average molecular weight is 397 g/mol. The first-order chi connectivity index (χ1) is 13.1. The summed E-state index contributed by atoms with van der Waals surface area (Å²) in [7, 11) is 0. The molecule has 4 aromatic rings. The van der Waals surface area contributed by atoms with Crippen molar-refractivity contribution in [2.24, 2.45) is 0 Å². The van der Waals surface area contributed by atoms with E-state index in [-0.39, 0.29) is 5.56 Å². The Morgan fingerprint density at radius 2 is 1.93 bits per heavy atom. The molecule has 0 saturated carbocycles. The van der Waals surface area contributed by atoms with Crippen LogP contribution in [0.15, 0.2) is 65.8 Å². The maximum atomic E-state index is 12.7. The second-order valence-corrected chi connectivity index (χ2v) is 7.29. The molecule has 3 aromatic heterocycles. The molecule has 27 heavy (non-hydrogen) atoms. The normalized spacial score (nSPS) is 10.9. The van der Waals surface area contributed by atoms with Gasteiger partial charge in [0, 0.05) is 23.7 Å². The number of hydrogen-bond donors (Lipinski definition) is 1. The van der Waals surface area contributed by atoms with Crippen LogP contribution in [0.25, 0.3) is 4.96 Å². The average Bonchev–Trinajstić information content (AvgIpc) is 3.08. The molecule has 0 spiro atoms. The van der Waals surface area contributed by atoms with E-state index >= 15 is 0 Å². The molecule has 1 N–H and O–H groups in total. The van der Waals surface area contributed by atoms with Crippen molar-refractivity contribution >= 4 is 39.5 Å². The Bertz CT molecular complexity index is 1170. The number of thiazole rings is 1. The second-order valence-electron chi connectivity index (χ2n) is 5.81. The number of nitrogens with one attached hydrogen (secondary N) is 1. The van der Waals surface area contributed by atoms with Crippen LogP contribution in [0.5, 0.6) is 0 Å². The molecule has 0 bridgehead atoms. The SMILES string of the molecule is O=C(Nc1ccc(Cl)nc1)c1cnc2sc(Cc3ccccc3)cn2c1=O. The molecule has 0 saturated heterocycles. The van der Waals surface area contributed by atoms with Crippen molar-refractivity contribution < 1.29 is 4.79 Å². The van der Waals surface area contributed by atoms with Crippen LogP contribution < -0.4 is 10.9 Å². The lowest BCUT2D eigenvalue weighted by Crippen LogP contribution is -2.25. The van der Waals surface area contributed by atoms with Crippen LogP contribution in [0, 0.1) is 0 Å². The quantitative estimate of drug-likeness (QED) is 0.534. The monoisotopic (exact) mass is 396 g/mol. The Labute approximate surface area is 163 Å². The van der Waals surface area contributed by atoms with Crippen molar-refractivity contribution in [2.45, 2.75) is 6.42 Å². The Balaban J connectivity index is 1.62.